The van der Waals surface area contributed by atoms with E-state index in [0.717, 1.165) is 12.0 Å². The second-order valence-electron chi connectivity index (χ2n) is 3.93. The highest BCUT2D eigenvalue weighted by Crippen LogP contribution is 2.23. The summed E-state index contributed by atoms with van der Waals surface area (Å²) in [5.74, 6) is 0.889. The van der Waals surface area contributed by atoms with E-state index in [2.05, 4.69) is 25.8 Å². The zero-order chi connectivity index (χ0) is 8.27. The second kappa shape index (κ2) is 4.10. The Hall–Kier alpha value is -0.0400. The van der Waals surface area contributed by atoms with Gasteiger partial charge in [0.2, 0.25) is 0 Å². The van der Waals surface area contributed by atoms with Crippen LogP contribution in [0.25, 0.3) is 0 Å². The zero-order valence-corrected chi connectivity index (χ0v) is 8.14. The van der Waals surface area contributed by atoms with E-state index in [1.165, 1.54) is 32.2 Å². The third-order valence-electron chi connectivity index (χ3n) is 3.13. The van der Waals surface area contributed by atoms with E-state index in [1.807, 2.05) is 0 Å². The van der Waals surface area contributed by atoms with Crippen LogP contribution in [0, 0.1) is 5.92 Å². The van der Waals surface area contributed by atoms with Gasteiger partial charge in [-0.3, -0.25) is 0 Å². The Morgan fingerprint density at radius 3 is 2.73 bits per heavy atom. The van der Waals surface area contributed by atoms with E-state index in [1.54, 1.807) is 0 Å². The molecule has 2 unspecified atom stereocenters. The second-order valence-corrected chi connectivity index (χ2v) is 3.93. The first-order valence-corrected chi connectivity index (χ1v) is 4.96. The average molecular weight is 155 g/mol. The van der Waals surface area contributed by atoms with Crippen LogP contribution in [-0.4, -0.2) is 24.5 Å². The van der Waals surface area contributed by atoms with Gasteiger partial charge in [-0.15, -0.1) is 0 Å². The van der Waals surface area contributed by atoms with Gasteiger partial charge in [-0.1, -0.05) is 26.7 Å². The Balaban J connectivity index is 2.40. The molecular weight excluding hydrogens is 134 g/mol. The molecule has 0 N–H and O–H groups in total. The van der Waals surface area contributed by atoms with E-state index in [-0.39, 0.29) is 0 Å². The Kier molecular flexibility index (Phi) is 3.38. The lowest BCUT2D eigenvalue weighted by Gasteiger charge is -2.36. The van der Waals surface area contributed by atoms with Crippen molar-refractivity contribution in [2.75, 3.05) is 13.6 Å². The van der Waals surface area contributed by atoms with Crippen molar-refractivity contribution in [1.82, 2.24) is 4.90 Å². The monoisotopic (exact) mass is 155 g/mol. The van der Waals surface area contributed by atoms with E-state index in [9.17, 15) is 0 Å². The summed E-state index contributed by atoms with van der Waals surface area (Å²) >= 11 is 0. The van der Waals surface area contributed by atoms with Gasteiger partial charge in [0.25, 0.3) is 0 Å². The first kappa shape index (κ1) is 9.05. The fourth-order valence-corrected chi connectivity index (χ4v) is 2.09. The summed E-state index contributed by atoms with van der Waals surface area (Å²) in [6, 6.07) is 0.869. The van der Waals surface area contributed by atoms with Crippen LogP contribution in [0.3, 0.4) is 0 Å². The number of hydrogen-bond donors (Lipinski definition) is 0. The minimum absolute atomic E-state index is 0.869. The molecule has 1 saturated heterocycles. The van der Waals surface area contributed by atoms with Crippen molar-refractivity contribution in [3.8, 4) is 0 Å². The summed E-state index contributed by atoms with van der Waals surface area (Å²) in [5.41, 5.74) is 0. The van der Waals surface area contributed by atoms with Crippen molar-refractivity contribution >= 4 is 0 Å². The predicted molar refractivity (Wildman–Crippen MR) is 49.7 cm³/mol. The first-order valence-electron chi connectivity index (χ1n) is 4.96. The molecular formula is C10H21N. The van der Waals surface area contributed by atoms with Crippen LogP contribution in [0.2, 0.25) is 0 Å². The molecule has 0 amide bonds. The molecule has 1 heteroatoms. The fraction of sp³-hybridized carbons (Fsp3) is 1.00. The van der Waals surface area contributed by atoms with Crippen LogP contribution in [0.5, 0.6) is 0 Å². The SMILES string of the molecule is CCC(C)C1CCCCN1C. The summed E-state index contributed by atoms with van der Waals surface area (Å²) in [6.07, 6.45) is 5.60. The molecule has 1 rings (SSSR count). The number of likely N-dealkylation sites (tertiary alicyclic amines) is 1. The van der Waals surface area contributed by atoms with Crippen molar-refractivity contribution in [3.05, 3.63) is 0 Å². The van der Waals surface area contributed by atoms with Gasteiger partial charge in [-0.2, -0.15) is 0 Å². The topological polar surface area (TPSA) is 3.24 Å². The first-order chi connectivity index (χ1) is 5.25. The van der Waals surface area contributed by atoms with Crippen LogP contribution >= 0.6 is 0 Å². The quantitative estimate of drug-likeness (QED) is 0.592. The summed E-state index contributed by atoms with van der Waals surface area (Å²) in [6.45, 7) is 5.99. The van der Waals surface area contributed by atoms with Gasteiger partial charge >= 0.3 is 0 Å². The highest BCUT2D eigenvalue weighted by molar-refractivity contribution is 4.77. The molecule has 0 aromatic carbocycles. The number of rotatable bonds is 2. The van der Waals surface area contributed by atoms with Crippen molar-refractivity contribution in [3.63, 3.8) is 0 Å². The predicted octanol–water partition coefficient (Wildman–Crippen LogP) is 2.52. The molecule has 11 heavy (non-hydrogen) atoms. The molecule has 0 saturated carbocycles. The molecule has 1 aliphatic rings. The highest BCUT2D eigenvalue weighted by atomic mass is 15.1. The lowest BCUT2D eigenvalue weighted by Crippen LogP contribution is -2.40. The van der Waals surface area contributed by atoms with Gasteiger partial charge in [0.1, 0.15) is 0 Å². The van der Waals surface area contributed by atoms with Gasteiger partial charge in [0.05, 0.1) is 0 Å². The lowest BCUT2D eigenvalue weighted by molar-refractivity contribution is 0.134. The van der Waals surface area contributed by atoms with Crippen molar-refractivity contribution in [2.24, 2.45) is 5.92 Å². The lowest BCUT2D eigenvalue weighted by atomic mass is 9.90. The standard InChI is InChI=1S/C10H21N/c1-4-9(2)10-7-5-6-8-11(10)3/h9-10H,4-8H2,1-3H3. The van der Waals surface area contributed by atoms with Crippen molar-refractivity contribution in [1.29, 1.82) is 0 Å². The molecule has 66 valence electrons. The molecule has 0 aromatic heterocycles. The Morgan fingerprint density at radius 1 is 1.45 bits per heavy atom. The normalized spacial score (nSPS) is 30.3. The van der Waals surface area contributed by atoms with Crippen LogP contribution in [0.1, 0.15) is 39.5 Å². The summed E-state index contributed by atoms with van der Waals surface area (Å²) < 4.78 is 0. The van der Waals surface area contributed by atoms with Crippen molar-refractivity contribution in [2.45, 2.75) is 45.6 Å². The molecule has 0 bridgehead atoms. The number of piperidine rings is 1. The van der Waals surface area contributed by atoms with Gasteiger partial charge in [0.15, 0.2) is 0 Å². The van der Waals surface area contributed by atoms with Crippen LogP contribution in [-0.2, 0) is 0 Å². The largest absolute Gasteiger partial charge is 0.303 e. The van der Waals surface area contributed by atoms with E-state index < -0.39 is 0 Å². The smallest absolute Gasteiger partial charge is 0.0118 e. The molecule has 0 aromatic rings. The highest BCUT2D eigenvalue weighted by Gasteiger charge is 2.22. The Morgan fingerprint density at radius 2 is 2.18 bits per heavy atom. The van der Waals surface area contributed by atoms with Crippen LogP contribution < -0.4 is 0 Å². The summed E-state index contributed by atoms with van der Waals surface area (Å²) in [5, 5.41) is 0. The minimum Gasteiger partial charge on any atom is -0.303 e. The number of nitrogens with zero attached hydrogens (tertiary/aromatic N) is 1. The van der Waals surface area contributed by atoms with Crippen LogP contribution in [0.4, 0.5) is 0 Å². The average Bonchev–Trinajstić information content (AvgIpc) is 2.04. The molecule has 0 radical (unpaired) electrons. The van der Waals surface area contributed by atoms with Crippen LogP contribution in [0.15, 0.2) is 0 Å². The molecule has 1 heterocycles. The molecule has 1 aliphatic heterocycles. The van der Waals surface area contributed by atoms with Gasteiger partial charge in [-0.25, -0.2) is 0 Å². The maximum atomic E-state index is 2.54. The van der Waals surface area contributed by atoms with Gasteiger partial charge < -0.3 is 4.90 Å². The van der Waals surface area contributed by atoms with E-state index in [0.29, 0.717) is 0 Å². The summed E-state index contributed by atoms with van der Waals surface area (Å²) in [4.78, 5) is 2.54. The molecule has 1 fully saturated rings. The third-order valence-corrected chi connectivity index (χ3v) is 3.13. The van der Waals surface area contributed by atoms with E-state index >= 15 is 0 Å². The van der Waals surface area contributed by atoms with E-state index in [4.69, 9.17) is 0 Å². The maximum Gasteiger partial charge on any atom is 0.0118 e. The maximum absolute atomic E-state index is 2.54. The van der Waals surface area contributed by atoms with Crippen molar-refractivity contribution < 1.29 is 0 Å². The molecule has 0 spiro atoms. The van der Waals surface area contributed by atoms with Gasteiger partial charge in [0, 0.05) is 6.04 Å². The molecule has 0 aliphatic carbocycles. The zero-order valence-electron chi connectivity index (χ0n) is 8.14. The summed E-state index contributed by atoms with van der Waals surface area (Å²) in [7, 11) is 2.27. The Labute approximate surface area is 70.8 Å². The molecule has 2 atom stereocenters. The third kappa shape index (κ3) is 2.19. The minimum atomic E-state index is 0.869. The number of hydrogen-bond acceptors (Lipinski definition) is 1. The Bertz CT molecular complexity index is 107. The fourth-order valence-electron chi connectivity index (χ4n) is 2.09. The molecule has 1 nitrogen and oxygen atoms in total. The van der Waals surface area contributed by atoms with Gasteiger partial charge in [-0.05, 0) is 32.4 Å².